The maximum atomic E-state index is 11.3. The summed E-state index contributed by atoms with van der Waals surface area (Å²) in [6.07, 6.45) is 5.06. The number of carbonyl (C=O) groups excluding carboxylic acids is 1. The number of nitrogens with one attached hydrogen (secondary N) is 2. The number of rotatable bonds is 7. The molecule has 0 bridgehead atoms. The van der Waals surface area contributed by atoms with Gasteiger partial charge < -0.3 is 10.6 Å². The molecular formula is C14H18N2OS. The van der Waals surface area contributed by atoms with Crippen molar-refractivity contribution in [3.63, 3.8) is 0 Å². The second-order valence-corrected chi connectivity index (χ2v) is 4.74. The van der Waals surface area contributed by atoms with Gasteiger partial charge in [0.25, 0.3) is 0 Å². The summed E-state index contributed by atoms with van der Waals surface area (Å²) in [5, 5.41) is 5.90. The Kier molecular flexibility index (Phi) is 7.00. The lowest BCUT2D eigenvalue weighted by atomic mass is 10.2. The monoisotopic (exact) mass is 262 g/mol. The van der Waals surface area contributed by atoms with E-state index in [2.05, 4.69) is 35.6 Å². The Morgan fingerprint density at radius 1 is 1.39 bits per heavy atom. The Balaban J connectivity index is 2.35. The molecule has 4 heteroatoms. The van der Waals surface area contributed by atoms with Gasteiger partial charge in [0.15, 0.2) is 0 Å². The molecule has 0 aliphatic heterocycles. The second kappa shape index (κ2) is 8.62. The highest BCUT2D eigenvalue weighted by Gasteiger charge is 2.01. The van der Waals surface area contributed by atoms with Crippen LogP contribution in [0, 0.1) is 12.3 Å². The number of amides is 1. The fourth-order valence-corrected chi connectivity index (χ4v) is 2.05. The van der Waals surface area contributed by atoms with E-state index in [1.807, 2.05) is 12.1 Å². The van der Waals surface area contributed by atoms with Crippen molar-refractivity contribution in [1.29, 1.82) is 0 Å². The predicted octanol–water partition coefficient (Wildman–Crippen LogP) is 1.64. The van der Waals surface area contributed by atoms with E-state index in [1.54, 1.807) is 0 Å². The lowest BCUT2D eigenvalue weighted by molar-refractivity contribution is -0.118. The van der Waals surface area contributed by atoms with Crippen molar-refractivity contribution in [3.8, 4) is 12.3 Å². The fourth-order valence-electron chi connectivity index (χ4n) is 1.32. The van der Waals surface area contributed by atoms with Crippen LogP contribution >= 0.6 is 11.8 Å². The smallest absolute Gasteiger partial charge is 0.231 e. The van der Waals surface area contributed by atoms with Crippen LogP contribution in [0.5, 0.6) is 0 Å². The molecule has 0 heterocycles. The van der Waals surface area contributed by atoms with Crippen molar-refractivity contribution in [2.75, 3.05) is 18.8 Å². The van der Waals surface area contributed by atoms with Gasteiger partial charge in [0.1, 0.15) is 0 Å². The van der Waals surface area contributed by atoms with Gasteiger partial charge in [-0.3, -0.25) is 4.79 Å². The summed E-state index contributed by atoms with van der Waals surface area (Å²) in [6.45, 7) is 4.22. The van der Waals surface area contributed by atoms with E-state index in [-0.39, 0.29) is 5.91 Å². The number of carbonyl (C=O) groups is 1. The molecule has 0 aromatic heterocycles. The molecule has 18 heavy (non-hydrogen) atoms. The van der Waals surface area contributed by atoms with Gasteiger partial charge in [-0.2, -0.15) is 0 Å². The standard InChI is InChI=1S/C14H18N2OS/c1-3-9-16-14(17)11-18-13-7-5-12(6-8-13)10-15-4-2/h1,5-8,15H,4,9-11H2,2H3,(H,16,17). The van der Waals surface area contributed by atoms with Gasteiger partial charge >= 0.3 is 0 Å². The van der Waals surface area contributed by atoms with Crippen molar-refractivity contribution < 1.29 is 4.79 Å². The van der Waals surface area contributed by atoms with E-state index in [0.717, 1.165) is 18.0 Å². The van der Waals surface area contributed by atoms with Crippen LogP contribution in [-0.4, -0.2) is 24.7 Å². The van der Waals surface area contributed by atoms with E-state index in [9.17, 15) is 4.79 Å². The van der Waals surface area contributed by atoms with Crippen LogP contribution in [0.25, 0.3) is 0 Å². The van der Waals surface area contributed by atoms with Gasteiger partial charge in [0.2, 0.25) is 5.91 Å². The quantitative estimate of drug-likeness (QED) is 0.580. The molecule has 0 unspecified atom stereocenters. The minimum atomic E-state index is -0.0327. The Bertz CT molecular complexity index is 409. The SMILES string of the molecule is C#CCNC(=O)CSc1ccc(CNCC)cc1. The first-order valence-corrected chi connectivity index (χ1v) is 6.87. The van der Waals surface area contributed by atoms with Gasteiger partial charge in [-0.15, -0.1) is 18.2 Å². The Morgan fingerprint density at radius 2 is 2.11 bits per heavy atom. The molecule has 1 aromatic carbocycles. The fraction of sp³-hybridized carbons (Fsp3) is 0.357. The summed E-state index contributed by atoms with van der Waals surface area (Å²) in [5.41, 5.74) is 1.25. The molecule has 3 nitrogen and oxygen atoms in total. The molecule has 0 saturated carbocycles. The highest BCUT2D eigenvalue weighted by molar-refractivity contribution is 8.00. The summed E-state index contributed by atoms with van der Waals surface area (Å²) >= 11 is 1.51. The van der Waals surface area contributed by atoms with Crippen molar-refractivity contribution in [2.24, 2.45) is 0 Å². The molecule has 96 valence electrons. The van der Waals surface area contributed by atoms with Gasteiger partial charge in [-0.1, -0.05) is 25.0 Å². The van der Waals surface area contributed by atoms with Crippen molar-refractivity contribution in [2.45, 2.75) is 18.4 Å². The van der Waals surface area contributed by atoms with Crippen molar-refractivity contribution in [3.05, 3.63) is 29.8 Å². The Labute approximate surface area is 113 Å². The van der Waals surface area contributed by atoms with E-state index >= 15 is 0 Å². The second-order valence-electron chi connectivity index (χ2n) is 3.69. The minimum absolute atomic E-state index is 0.0327. The number of hydrogen-bond donors (Lipinski definition) is 2. The summed E-state index contributed by atoms with van der Waals surface area (Å²) in [6, 6.07) is 8.21. The molecule has 0 atom stereocenters. The maximum absolute atomic E-state index is 11.3. The number of benzene rings is 1. The Hall–Kier alpha value is -1.44. The number of thioether (sulfide) groups is 1. The first-order valence-electron chi connectivity index (χ1n) is 5.89. The highest BCUT2D eigenvalue weighted by atomic mass is 32.2. The topological polar surface area (TPSA) is 41.1 Å². The van der Waals surface area contributed by atoms with Crippen LogP contribution in [0.2, 0.25) is 0 Å². The average molecular weight is 262 g/mol. The zero-order valence-electron chi connectivity index (χ0n) is 10.5. The summed E-state index contributed by atoms with van der Waals surface area (Å²) in [4.78, 5) is 12.4. The molecule has 2 N–H and O–H groups in total. The lowest BCUT2D eigenvalue weighted by Crippen LogP contribution is -2.25. The molecule has 0 radical (unpaired) electrons. The lowest BCUT2D eigenvalue weighted by Gasteiger charge is -2.05. The zero-order valence-corrected chi connectivity index (χ0v) is 11.3. The van der Waals surface area contributed by atoms with Crippen LogP contribution in [0.4, 0.5) is 0 Å². The van der Waals surface area contributed by atoms with Crippen LogP contribution in [0.1, 0.15) is 12.5 Å². The first-order chi connectivity index (χ1) is 8.76. The highest BCUT2D eigenvalue weighted by Crippen LogP contribution is 2.18. The molecule has 1 amide bonds. The third-order valence-electron chi connectivity index (χ3n) is 2.26. The van der Waals surface area contributed by atoms with Crippen LogP contribution in [0.15, 0.2) is 29.2 Å². The maximum Gasteiger partial charge on any atom is 0.231 e. The van der Waals surface area contributed by atoms with E-state index < -0.39 is 0 Å². The van der Waals surface area contributed by atoms with E-state index in [0.29, 0.717) is 12.3 Å². The normalized spacial score (nSPS) is 9.78. The average Bonchev–Trinajstić information content (AvgIpc) is 2.41. The molecule has 0 aliphatic carbocycles. The van der Waals surface area contributed by atoms with Gasteiger partial charge in [0.05, 0.1) is 12.3 Å². The van der Waals surface area contributed by atoms with E-state index in [4.69, 9.17) is 6.42 Å². The third kappa shape index (κ3) is 5.76. The largest absolute Gasteiger partial charge is 0.344 e. The van der Waals surface area contributed by atoms with Crippen molar-refractivity contribution in [1.82, 2.24) is 10.6 Å². The van der Waals surface area contributed by atoms with Crippen molar-refractivity contribution >= 4 is 17.7 Å². The minimum Gasteiger partial charge on any atom is -0.344 e. The predicted molar refractivity (Wildman–Crippen MR) is 76.4 cm³/mol. The van der Waals surface area contributed by atoms with E-state index in [1.165, 1.54) is 17.3 Å². The molecular weight excluding hydrogens is 244 g/mol. The molecule has 1 aromatic rings. The van der Waals surface area contributed by atoms with Crippen LogP contribution in [-0.2, 0) is 11.3 Å². The third-order valence-corrected chi connectivity index (χ3v) is 3.27. The summed E-state index contributed by atoms with van der Waals surface area (Å²) < 4.78 is 0. The van der Waals surface area contributed by atoms with Crippen LogP contribution < -0.4 is 10.6 Å². The zero-order chi connectivity index (χ0) is 13.2. The first kappa shape index (κ1) is 14.6. The molecule has 0 saturated heterocycles. The molecule has 0 aliphatic rings. The number of terminal acetylenes is 1. The molecule has 0 spiro atoms. The summed E-state index contributed by atoms with van der Waals surface area (Å²) in [5.74, 6) is 2.74. The molecule has 0 fully saturated rings. The number of hydrogen-bond acceptors (Lipinski definition) is 3. The van der Waals surface area contributed by atoms with Gasteiger partial charge in [0, 0.05) is 11.4 Å². The Morgan fingerprint density at radius 3 is 2.72 bits per heavy atom. The van der Waals surface area contributed by atoms with Gasteiger partial charge in [-0.05, 0) is 24.2 Å². The summed E-state index contributed by atoms with van der Waals surface area (Å²) in [7, 11) is 0. The van der Waals surface area contributed by atoms with Crippen LogP contribution in [0.3, 0.4) is 0 Å². The van der Waals surface area contributed by atoms with Gasteiger partial charge in [-0.25, -0.2) is 0 Å². The molecule has 1 rings (SSSR count).